The van der Waals surface area contributed by atoms with Crippen LogP contribution in [0.3, 0.4) is 0 Å². The van der Waals surface area contributed by atoms with Gasteiger partial charge in [-0.05, 0) is 40.9 Å². The van der Waals surface area contributed by atoms with Crippen LogP contribution in [0.5, 0.6) is 0 Å². The molecule has 1 unspecified atom stereocenters. The fourth-order valence-electron chi connectivity index (χ4n) is 1.85. The van der Waals surface area contributed by atoms with Gasteiger partial charge in [-0.2, -0.15) is 0 Å². The van der Waals surface area contributed by atoms with Crippen molar-refractivity contribution < 1.29 is 18.7 Å². The van der Waals surface area contributed by atoms with Crippen molar-refractivity contribution in [3.05, 3.63) is 22.4 Å². The maximum Gasteiger partial charge on any atom is 0.319 e. The molecular weight excluding hydrogens is 409 g/mol. The molecule has 0 saturated carbocycles. The lowest BCUT2D eigenvalue weighted by Crippen LogP contribution is -2.20. The van der Waals surface area contributed by atoms with Crippen LogP contribution in [0.2, 0.25) is 0 Å². The molecule has 0 radical (unpaired) electrons. The largest absolute Gasteiger partial charge is 0.465 e. The van der Waals surface area contributed by atoms with Gasteiger partial charge in [0.05, 0.1) is 12.3 Å². The van der Waals surface area contributed by atoms with E-state index >= 15 is 0 Å². The number of nitrogens with one attached hydrogen (secondary N) is 1. The van der Waals surface area contributed by atoms with Gasteiger partial charge in [0, 0.05) is 15.3 Å². The summed E-state index contributed by atoms with van der Waals surface area (Å²) in [5.74, 6) is -1.31. The second-order valence-corrected chi connectivity index (χ2v) is 8.04. The Hall–Kier alpha value is -1.08. The van der Waals surface area contributed by atoms with Crippen molar-refractivity contribution in [3.63, 3.8) is 0 Å². The first-order valence-electron chi connectivity index (χ1n) is 8.43. The van der Waals surface area contributed by atoms with Crippen molar-refractivity contribution in [3.8, 4) is 0 Å². The van der Waals surface area contributed by atoms with E-state index in [-0.39, 0.29) is 28.7 Å². The first-order valence-corrected chi connectivity index (χ1v) is 10.1. The molecule has 7 heteroatoms. The van der Waals surface area contributed by atoms with Gasteiger partial charge in [-0.25, -0.2) is 4.39 Å². The Morgan fingerprint density at radius 1 is 1.32 bits per heavy atom. The predicted octanol–water partition coefficient (Wildman–Crippen LogP) is 5.40. The Kier molecular flexibility index (Phi) is 9.50. The normalized spacial score (nSPS) is 12.1. The molecule has 0 aliphatic rings. The van der Waals surface area contributed by atoms with E-state index in [0.29, 0.717) is 22.4 Å². The van der Waals surface area contributed by atoms with Crippen molar-refractivity contribution in [2.45, 2.75) is 57.1 Å². The number of rotatable bonds is 9. The second-order valence-electron chi connectivity index (χ2n) is 5.94. The molecule has 25 heavy (non-hydrogen) atoms. The van der Waals surface area contributed by atoms with Gasteiger partial charge in [-0.1, -0.05) is 34.1 Å². The SMILES string of the molecule is CCCCOC(=O)C(CC)Sc1cc(NC(=O)C(C)C)c(F)cc1Br. The van der Waals surface area contributed by atoms with Gasteiger partial charge in [0.15, 0.2) is 0 Å². The number of unbranched alkanes of at least 4 members (excludes halogenated alkanes) is 1. The Bertz CT molecular complexity index is 610. The van der Waals surface area contributed by atoms with Gasteiger partial charge in [0.1, 0.15) is 11.1 Å². The van der Waals surface area contributed by atoms with Crippen molar-refractivity contribution in [2.24, 2.45) is 5.92 Å². The minimum absolute atomic E-state index is 0.110. The summed E-state index contributed by atoms with van der Waals surface area (Å²) in [6, 6.07) is 2.85. The van der Waals surface area contributed by atoms with Crippen molar-refractivity contribution in [1.82, 2.24) is 0 Å². The fourth-order valence-corrected chi connectivity index (χ4v) is 3.44. The third-order valence-electron chi connectivity index (χ3n) is 3.45. The molecule has 0 spiro atoms. The average Bonchev–Trinajstić information content (AvgIpc) is 2.56. The molecule has 0 aromatic heterocycles. The summed E-state index contributed by atoms with van der Waals surface area (Å²) in [7, 11) is 0. The molecule has 0 heterocycles. The molecular formula is C18H25BrFNO3S. The Morgan fingerprint density at radius 2 is 2.00 bits per heavy atom. The summed E-state index contributed by atoms with van der Waals surface area (Å²) >= 11 is 4.62. The highest BCUT2D eigenvalue weighted by molar-refractivity contribution is 9.10. The van der Waals surface area contributed by atoms with E-state index in [1.54, 1.807) is 19.9 Å². The summed E-state index contributed by atoms with van der Waals surface area (Å²) in [6.07, 6.45) is 2.38. The molecule has 1 aromatic rings. The van der Waals surface area contributed by atoms with Gasteiger partial charge in [0.2, 0.25) is 5.91 Å². The zero-order valence-corrected chi connectivity index (χ0v) is 17.4. The quantitative estimate of drug-likeness (QED) is 0.321. The van der Waals surface area contributed by atoms with Gasteiger partial charge in [0.25, 0.3) is 0 Å². The van der Waals surface area contributed by atoms with Crippen molar-refractivity contribution in [1.29, 1.82) is 0 Å². The highest BCUT2D eigenvalue weighted by Crippen LogP contribution is 2.36. The highest BCUT2D eigenvalue weighted by atomic mass is 79.9. The van der Waals surface area contributed by atoms with Crippen molar-refractivity contribution in [2.75, 3.05) is 11.9 Å². The van der Waals surface area contributed by atoms with Gasteiger partial charge in [-0.15, -0.1) is 11.8 Å². The average molecular weight is 434 g/mol. The van der Waals surface area contributed by atoms with E-state index in [0.717, 1.165) is 12.8 Å². The second kappa shape index (κ2) is 10.8. The predicted molar refractivity (Wildman–Crippen MR) is 103 cm³/mol. The molecule has 0 aliphatic carbocycles. The van der Waals surface area contributed by atoms with E-state index in [1.165, 1.54) is 17.8 Å². The minimum Gasteiger partial charge on any atom is -0.465 e. The number of halogens is 2. The molecule has 1 amide bonds. The molecule has 0 bridgehead atoms. The smallest absolute Gasteiger partial charge is 0.319 e. The topological polar surface area (TPSA) is 55.4 Å². The number of carbonyl (C=O) groups excluding carboxylic acids is 2. The van der Waals surface area contributed by atoms with Crippen LogP contribution in [0, 0.1) is 11.7 Å². The summed E-state index contributed by atoms with van der Waals surface area (Å²) in [5.41, 5.74) is 0.110. The summed E-state index contributed by atoms with van der Waals surface area (Å²) < 4.78 is 19.9. The van der Waals surface area contributed by atoms with Crippen LogP contribution in [0.25, 0.3) is 0 Å². The molecule has 1 atom stereocenters. The summed E-state index contributed by atoms with van der Waals surface area (Å²) in [5, 5.41) is 2.19. The lowest BCUT2D eigenvalue weighted by atomic mass is 10.2. The number of carbonyl (C=O) groups is 2. The molecule has 1 rings (SSSR count). The lowest BCUT2D eigenvalue weighted by molar-refractivity contribution is -0.143. The fraction of sp³-hybridized carbons (Fsp3) is 0.556. The van der Waals surface area contributed by atoms with E-state index in [1.807, 2.05) is 13.8 Å². The maximum atomic E-state index is 14.1. The van der Waals surface area contributed by atoms with Crippen LogP contribution in [-0.2, 0) is 14.3 Å². The standard InChI is InChI=1S/C18H25BrFNO3S/c1-5-7-8-24-18(23)15(6-2)25-16-10-14(13(20)9-12(16)19)21-17(22)11(3)4/h9-11,15H,5-8H2,1-4H3,(H,21,22). The van der Waals surface area contributed by atoms with Crippen LogP contribution in [0.1, 0.15) is 47.0 Å². The Morgan fingerprint density at radius 3 is 2.56 bits per heavy atom. The third-order valence-corrected chi connectivity index (χ3v) is 5.77. The summed E-state index contributed by atoms with van der Waals surface area (Å²) in [4.78, 5) is 24.7. The summed E-state index contributed by atoms with van der Waals surface area (Å²) in [6.45, 7) is 7.81. The molecule has 140 valence electrons. The zero-order chi connectivity index (χ0) is 19.0. The molecule has 0 fully saturated rings. The van der Waals surface area contributed by atoms with Crippen LogP contribution in [0.4, 0.5) is 10.1 Å². The number of amides is 1. The molecule has 0 aliphatic heterocycles. The minimum atomic E-state index is -0.524. The molecule has 4 nitrogen and oxygen atoms in total. The number of hydrogen-bond donors (Lipinski definition) is 1. The Balaban J connectivity index is 2.91. The molecule has 1 N–H and O–H groups in total. The van der Waals surface area contributed by atoms with Crippen LogP contribution < -0.4 is 5.32 Å². The van der Waals surface area contributed by atoms with Gasteiger partial charge in [-0.3, -0.25) is 9.59 Å². The number of ether oxygens (including phenoxy) is 1. The van der Waals surface area contributed by atoms with Crippen LogP contribution in [0.15, 0.2) is 21.5 Å². The molecule has 0 saturated heterocycles. The first-order chi connectivity index (χ1) is 11.8. The molecule has 1 aromatic carbocycles. The zero-order valence-electron chi connectivity index (χ0n) is 15.0. The highest BCUT2D eigenvalue weighted by Gasteiger charge is 2.22. The van der Waals surface area contributed by atoms with E-state index in [9.17, 15) is 14.0 Å². The maximum absolute atomic E-state index is 14.1. The third kappa shape index (κ3) is 6.98. The number of benzene rings is 1. The number of anilines is 1. The number of esters is 1. The van der Waals surface area contributed by atoms with E-state index < -0.39 is 5.82 Å². The van der Waals surface area contributed by atoms with Gasteiger partial charge < -0.3 is 10.1 Å². The lowest BCUT2D eigenvalue weighted by Gasteiger charge is -2.16. The first kappa shape index (κ1) is 22.0. The number of thioether (sulfide) groups is 1. The van der Waals surface area contributed by atoms with E-state index in [4.69, 9.17) is 4.74 Å². The van der Waals surface area contributed by atoms with Crippen LogP contribution in [-0.4, -0.2) is 23.7 Å². The number of hydrogen-bond acceptors (Lipinski definition) is 4. The van der Waals surface area contributed by atoms with Crippen molar-refractivity contribution >= 4 is 45.3 Å². The van der Waals surface area contributed by atoms with Gasteiger partial charge >= 0.3 is 5.97 Å². The van der Waals surface area contributed by atoms with E-state index in [2.05, 4.69) is 21.2 Å². The monoisotopic (exact) mass is 433 g/mol. The Labute approximate surface area is 161 Å². The van der Waals surface area contributed by atoms with Crippen LogP contribution >= 0.6 is 27.7 Å².